The van der Waals surface area contributed by atoms with Crippen LogP contribution >= 0.6 is 31.9 Å². The Morgan fingerprint density at radius 3 is 2.78 bits per heavy atom. The lowest BCUT2D eigenvalue weighted by Crippen LogP contribution is -2.37. The quantitative estimate of drug-likeness (QED) is 0.771. The maximum Gasteiger partial charge on any atom is 0.252 e. The molecular weight excluding hydrogens is 362 g/mol. The number of rotatable bonds is 6. The Morgan fingerprint density at radius 2 is 2.22 bits per heavy atom. The Labute approximate surface area is 125 Å². The van der Waals surface area contributed by atoms with Crippen LogP contribution in [-0.4, -0.2) is 31.0 Å². The Balaban J connectivity index is 2.68. The number of hydrogen-bond acceptors (Lipinski definition) is 2. The lowest BCUT2D eigenvalue weighted by Gasteiger charge is -2.16. The number of carbonyl (C=O) groups excluding carboxylic acids is 1. The molecule has 0 aliphatic carbocycles. The maximum absolute atomic E-state index is 12.1. The van der Waals surface area contributed by atoms with Crippen LogP contribution in [0, 0.1) is 6.92 Å². The van der Waals surface area contributed by atoms with Crippen molar-refractivity contribution in [3.8, 4) is 0 Å². The summed E-state index contributed by atoms with van der Waals surface area (Å²) in [7, 11) is 1.66. The van der Waals surface area contributed by atoms with Crippen molar-refractivity contribution in [2.45, 2.75) is 19.4 Å². The molecule has 0 aliphatic rings. The lowest BCUT2D eigenvalue weighted by molar-refractivity contribution is 0.0930. The minimum atomic E-state index is -0.0672. The van der Waals surface area contributed by atoms with E-state index in [1.807, 2.05) is 25.1 Å². The highest BCUT2D eigenvalue weighted by Crippen LogP contribution is 2.18. The van der Waals surface area contributed by atoms with Gasteiger partial charge in [0.2, 0.25) is 0 Å². The summed E-state index contributed by atoms with van der Waals surface area (Å²) in [5.41, 5.74) is 1.78. The molecule has 18 heavy (non-hydrogen) atoms. The summed E-state index contributed by atoms with van der Waals surface area (Å²) in [5, 5.41) is 3.70. The van der Waals surface area contributed by atoms with Gasteiger partial charge >= 0.3 is 0 Å². The molecule has 0 saturated carbocycles. The van der Waals surface area contributed by atoms with Gasteiger partial charge in [-0.25, -0.2) is 0 Å². The average molecular weight is 379 g/mol. The predicted molar refractivity (Wildman–Crippen MR) is 80.4 cm³/mol. The van der Waals surface area contributed by atoms with Crippen molar-refractivity contribution in [2.24, 2.45) is 0 Å². The van der Waals surface area contributed by atoms with Crippen LogP contribution in [0.1, 0.15) is 22.3 Å². The topological polar surface area (TPSA) is 38.3 Å². The third-order valence-electron chi connectivity index (χ3n) is 2.56. The molecule has 100 valence electrons. The zero-order valence-electron chi connectivity index (χ0n) is 10.5. The predicted octanol–water partition coefficient (Wildman–Crippen LogP) is 3.29. The first kappa shape index (κ1) is 15.7. The fraction of sp³-hybridized carbons (Fsp3) is 0.462. The van der Waals surface area contributed by atoms with Crippen molar-refractivity contribution in [3.63, 3.8) is 0 Å². The summed E-state index contributed by atoms with van der Waals surface area (Å²) in [6, 6.07) is 5.77. The highest BCUT2D eigenvalue weighted by atomic mass is 79.9. The van der Waals surface area contributed by atoms with Gasteiger partial charge in [0, 0.05) is 29.6 Å². The van der Waals surface area contributed by atoms with Crippen molar-refractivity contribution < 1.29 is 9.53 Å². The van der Waals surface area contributed by atoms with E-state index in [-0.39, 0.29) is 11.9 Å². The Morgan fingerprint density at radius 1 is 1.50 bits per heavy atom. The summed E-state index contributed by atoms with van der Waals surface area (Å²) in [5.74, 6) is -0.0672. The second-order valence-electron chi connectivity index (χ2n) is 4.09. The van der Waals surface area contributed by atoms with Crippen molar-refractivity contribution in [1.29, 1.82) is 0 Å². The first-order valence-corrected chi connectivity index (χ1v) is 7.61. The highest BCUT2D eigenvalue weighted by molar-refractivity contribution is 9.10. The maximum atomic E-state index is 12.1. The minimum Gasteiger partial charge on any atom is -0.385 e. The van der Waals surface area contributed by atoms with Gasteiger partial charge in [-0.15, -0.1) is 0 Å². The molecule has 5 heteroatoms. The molecular formula is C13H17Br2NO2. The normalized spacial score (nSPS) is 12.2. The van der Waals surface area contributed by atoms with Gasteiger partial charge in [-0.2, -0.15) is 0 Å². The van der Waals surface area contributed by atoms with Gasteiger partial charge in [-0.3, -0.25) is 4.79 Å². The molecule has 0 aromatic heterocycles. The van der Waals surface area contributed by atoms with E-state index in [1.54, 1.807) is 7.11 Å². The van der Waals surface area contributed by atoms with Crippen LogP contribution in [0.3, 0.4) is 0 Å². The molecule has 0 heterocycles. The number of alkyl halides is 1. The molecule has 1 unspecified atom stereocenters. The summed E-state index contributed by atoms with van der Waals surface area (Å²) in [6.07, 6.45) is 0.789. The first-order chi connectivity index (χ1) is 8.58. The number of methoxy groups -OCH3 is 1. The van der Waals surface area contributed by atoms with E-state index < -0.39 is 0 Å². The van der Waals surface area contributed by atoms with Crippen molar-refractivity contribution in [1.82, 2.24) is 5.32 Å². The molecule has 0 fully saturated rings. The molecule has 1 rings (SSSR count). The Kier molecular flexibility index (Phi) is 6.89. The number of benzene rings is 1. The number of ether oxygens (including phenoxy) is 1. The molecule has 0 spiro atoms. The smallest absolute Gasteiger partial charge is 0.252 e. The van der Waals surface area contributed by atoms with Gasteiger partial charge in [0.25, 0.3) is 5.91 Å². The van der Waals surface area contributed by atoms with Gasteiger partial charge in [0.1, 0.15) is 0 Å². The van der Waals surface area contributed by atoms with E-state index in [0.717, 1.165) is 16.5 Å². The summed E-state index contributed by atoms with van der Waals surface area (Å²) in [4.78, 5) is 12.1. The third kappa shape index (κ3) is 4.71. The second kappa shape index (κ2) is 7.92. The van der Waals surface area contributed by atoms with Gasteiger partial charge in [-0.1, -0.05) is 22.0 Å². The summed E-state index contributed by atoms with van der Waals surface area (Å²) < 4.78 is 5.84. The standard InChI is InChI=1S/C13H17Br2NO2/c1-9-3-4-11(12(15)7-9)13(17)16-10(8-14)5-6-18-2/h3-4,7,10H,5-6,8H2,1-2H3,(H,16,17). The first-order valence-electron chi connectivity index (χ1n) is 5.70. The van der Waals surface area contributed by atoms with Crippen molar-refractivity contribution >= 4 is 37.8 Å². The number of aryl methyl sites for hydroxylation is 1. The van der Waals surface area contributed by atoms with Crippen LogP contribution < -0.4 is 5.32 Å². The van der Waals surface area contributed by atoms with Crippen molar-refractivity contribution in [2.75, 3.05) is 19.0 Å². The molecule has 1 amide bonds. The van der Waals surface area contributed by atoms with Crippen LogP contribution in [0.2, 0.25) is 0 Å². The molecule has 1 N–H and O–H groups in total. The van der Waals surface area contributed by atoms with Gasteiger partial charge in [-0.05, 0) is 47.0 Å². The number of hydrogen-bond donors (Lipinski definition) is 1. The molecule has 0 radical (unpaired) electrons. The van der Waals surface area contributed by atoms with E-state index in [2.05, 4.69) is 37.2 Å². The van der Waals surface area contributed by atoms with Gasteiger partial charge in [0.15, 0.2) is 0 Å². The molecule has 0 bridgehead atoms. The van der Waals surface area contributed by atoms with Gasteiger partial charge in [0.05, 0.1) is 5.56 Å². The van der Waals surface area contributed by atoms with Crippen LogP contribution in [0.5, 0.6) is 0 Å². The second-order valence-corrected chi connectivity index (χ2v) is 5.59. The fourth-order valence-corrected chi connectivity index (χ4v) is 2.67. The van der Waals surface area contributed by atoms with Crippen LogP contribution in [-0.2, 0) is 4.74 Å². The molecule has 3 nitrogen and oxygen atoms in total. The van der Waals surface area contributed by atoms with E-state index in [4.69, 9.17) is 4.74 Å². The molecule has 0 saturated heterocycles. The average Bonchev–Trinajstić information content (AvgIpc) is 2.34. The number of halogens is 2. The molecule has 1 aromatic carbocycles. The van der Waals surface area contributed by atoms with E-state index in [0.29, 0.717) is 17.5 Å². The lowest BCUT2D eigenvalue weighted by atomic mass is 10.1. The van der Waals surface area contributed by atoms with Gasteiger partial charge < -0.3 is 10.1 Å². The fourth-order valence-electron chi connectivity index (χ4n) is 1.52. The summed E-state index contributed by atoms with van der Waals surface area (Å²) >= 11 is 6.81. The minimum absolute atomic E-state index is 0.0672. The SMILES string of the molecule is COCCC(CBr)NC(=O)c1ccc(C)cc1Br. The Hall–Kier alpha value is -0.390. The summed E-state index contributed by atoms with van der Waals surface area (Å²) in [6.45, 7) is 2.62. The van der Waals surface area contributed by atoms with Crippen LogP contribution in [0.25, 0.3) is 0 Å². The Bertz CT molecular complexity index is 410. The van der Waals surface area contributed by atoms with Crippen molar-refractivity contribution in [3.05, 3.63) is 33.8 Å². The zero-order chi connectivity index (χ0) is 13.5. The van der Waals surface area contributed by atoms with E-state index >= 15 is 0 Å². The number of nitrogens with one attached hydrogen (secondary N) is 1. The number of carbonyl (C=O) groups is 1. The highest BCUT2D eigenvalue weighted by Gasteiger charge is 2.14. The van der Waals surface area contributed by atoms with Crippen LogP contribution in [0.4, 0.5) is 0 Å². The third-order valence-corrected chi connectivity index (χ3v) is 4.00. The number of amides is 1. The molecule has 0 aliphatic heterocycles. The molecule has 1 atom stereocenters. The van der Waals surface area contributed by atoms with E-state index in [1.165, 1.54) is 0 Å². The zero-order valence-corrected chi connectivity index (χ0v) is 13.7. The monoisotopic (exact) mass is 377 g/mol. The largest absolute Gasteiger partial charge is 0.385 e. The van der Waals surface area contributed by atoms with E-state index in [9.17, 15) is 4.79 Å². The van der Waals surface area contributed by atoms with Crippen LogP contribution in [0.15, 0.2) is 22.7 Å². The molecule has 1 aromatic rings.